The molecule has 0 aromatic rings. The fraction of sp³-hybridized carbons (Fsp3) is 0.900. The third-order valence-corrected chi connectivity index (χ3v) is 2.25. The van der Waals surface area contributed by atoms with Gasteiger partial charge in [-0.25, -0.2) is 0 Å². The zero-order valence-corrected chi connectivity index (χ0v) is 8.75. The zero-order valence-electron chi connectivity index (χ0n) is 8.75. The smallest absolute Gasteiger partial charge is 0.306 e. The minimum atomic E-state index is -0.737. The van der Waals surface area contributed by atoms with Gasteiger partial charge in [-0.2, -0.15) is 0 Å². The van der Waals surface area contributed by atoms with Crippen LogP contribution >= 0.6 is 0 Å². The molecule has 3 nitrogen and oxygen atoms in total. The molecular weight excluding hydrogens is 168 g/mol. The standard InChI is InChI=1S/C10H20O3/c1-4-5-6-9(13-3)7-8(2)10(11)12/h8-9H,4-7H2,1-3H3,(H,11,12). The van der Waals surface area contributed by atoms with Crippen molar-refractivity contribution in [2.75, 3.05) is 7.11 Å². The van der Waals surface area contributed by atoms with Crippen LogP contribution in [0.1, 0.15) is 39.5 Å². The molecule has 0 rings (SSSR count). The van der Waals surface area contributed by atoms with Gasteiger partial charge in [-0.05, 0) is 12.8 Å². The molecule has 2 atom stereocenters. The molecule has 3 heteroatoms. The number of aliphatic carboxylic acids is 1. The second kappa shape index (κ2) is 6.89. The molecule has 0 aliphatic heterocycles. The summed E-state index contributed by atoms with van der Waals surface area (Å²) in [5.41, 5.74) is 0. The van der Waals surface area contributed by atoms with E-state index in [2.05, 4.69) is 6.92 Å². The maximum Gasteiger partial charge on any atom is 0.306 e. The highest BCUT2D eigenvalue weighted by atomic mass is 16.5. The molecule has 0 amide bonds. The fourth-order valence-corrected chi connectivity index (χ4v) is 1.26. The third-order valence-electron chi connectivity index (χ3n) is 2.25. The van der Waals surface area contributed by atoms with Crippen LogP contribution in [0.3, 0.4) is 0 Å². The number of ether oxygens (including phenoxy) is 1. The van der Waals surface area contributed by atoms with E-state index in [0.29, 0.717) is 6.42 Å². The Kier molecular flexibility index (Phi) is 6.59. The third kappa shape index (κ3) is 5.64. The van der Waals surface area contributed by atoms with Gasteiger partial charge in [0.1, 0.15) is 0 Å². The summed E-state index contributed by atoms with van der Waals surface area (Å²) in [4.78, 5) is 10.6. The summed E-state index contributed by atoms with van der Waals surface area (Å²) < 4.78 is 5.21. The van der Waals surface area contributed by atoms with Crippen LogP contribution in [-0.2, 0) is 9.53 Å². The number of carbonyl (C=O) groups is 1. The first-order valence-electron chi connectivity index (χ1n) is 4.87. The summed E-state index contributed by atoms with van der Waals surface area (Å²) >= 11 is 0. The average molecular weight is 188 g/mol. The van der Waals surface area contributed by atoms with E-state index >= 15 is 0 Å². The molecule has 1 N–H and O–H groups in total. The van der Waals surface area contributed by atoms with Crippen LogP contribution in [0.4, 0.5) is 0 Å². The van der Waals surface area contributed by atoms with Crippen LogP contribution < -0.4 is 0 Å². The lowest BCUT2D eigenvalue weighted by atomic mass is 10.00. The largest absolute Gasteiger partial charge is 0.481 e. The lowest BCUT2D eigenvalue weighted by Crippen LogP contribution is -2.19. The summed E-state index contributed by atoms with van der Waals surface area (Å²) in [6.45, 7) is 3.84. The number of rotatable bonds is 7. The Hall–Kier alpha value is -0.570. The van der Waals surface area contributed by atoms with Crippen molar-refractivity contribution in [3.8, 4) is 0 Å². The average Bonchev–Trinajstić information content (AvgIpc) is 2.11. The van der Waals surface area contributed by atoms with E-state index in [-0.39, 0.29) is 12.0 Å². The topological polar surface area (TPSA) is 46.5 Å². The SMILES string of the molecule is CCCCC(CC(C)C(=O)O)OC. The van der Waals surface area contributed by atoms with Crippen molar-refractivity contribution >= 4 is 5.97 Å². The Morgan fingerprint density at radius 2 is 2.15 bits per heavy atom. The Bertz CT molecular complexity index is 145. The molecule has 0 aliphatic rings. The van der Waals surface area contributed by atoms with E-state index in [1.165, 1.54) is 0 Å². The molecule has 0 saturated carbocycles. The van der Waals surface area contributed by atoms with Gasteiger partial charge < -0.3 is 9.84 Å². The highest BCUT2D eigenvalue weighted by Crippen LogP contribution is 2.14. The lowest BCUT2D eigenvalue weighted by molar-refractivity contribution is -0.142. The monoisotopic (exact) mass is 188 g/mol. The van der Waals surface area contributed by atoms with E-state index in [1.54, 1.807) is 14.0 Å². The number of hydrogen-bond acceptors (Lipinski definition) is 2. The Balaban J connectivity index is 3.75. The quantitative estimate of drug-likeness (QED) is 0.666. The number of carboxylic acid groups (broad SMARTS) is 1. The minimum Gasteiger partial charge on any atom is -0.481 e. The van der Waals surface area contributed by atoms with Crippen molar-refractivity contribution in [3.63, 3.8) is 0 Å². The summed E-state index contributed by atoms with van der Waals surface area (Å²) in [7, 11) is 1.65. The van der Waals surface area contributed by atoms with Gasteiger partial charge in [0.15, 0.2) is 0 Å². The summed E-state index contributed by atoms with van der Waals surface area (Å²) in [5.74, 6) is -1.04. The van der Waals surface area contributed by atoms with Crippen LogP contribution in [0.25, 0.3) is 0 Å². The van der Waals surface area contributed by atoms with E-state index in [9.17, 15) is 4.79 Å². The Morgan fingerprint density at radius 1 is 1.54 bits per heavy atom. The number of hydrogen-bond donors (Lipinski definition) is 1. The molecule has 78 valence electrons. The van der Waals surface area contributed by atoms with Gasteiger partial charge in [0.2, 0.25) is 0 Å². The first-order chi connectivity index (χ1) is 6.11. The number of unbranched alkanes of at least 4 members (excludes halogenated alkanes) is 1. The normalized spacial score (nSPS) is 15.3. The van der Waals surface area contributed by atoms with Crippen LogP contribution in [0.2, 0.25) is 0 Å². The van der Waals surface area contributed by atoms with Crippen molar-refractivity contribution in [2.24, 2.45) is 5.92 Å². The molecule has 0 aliphatic carbocycles. The second-order valence-electron chi connectivity index (χ2n) is 3.47. The van der Waals surface area contributed by atoms with Crippen LogP contribution in [0.15, 0.2) is 0 Å². The highest BCUT2D eigenvalue weighted by Gasteiger charge is 2.17. The van der Waals surface area contributed by atoms with Gasteiger partial charge in [-0.15, -0.1) is 0 Å². The van der Waals surface area contributed by atoms with E-state index < -0.39 is 5.97 Å². The molecule has 0 saturated heterocycles. The molecule has 0 fully saturated rings. The molecule has 0 bridgehead atoms. The zero-order chi connectivity index (χ0) is 10.3. The van der Waals surface area contributed by atoms with Crippen LogP contribution in [0, 0.1) is 5.92 Å². The van der Waals surface area contributed by atoms with Crippen LogP contribution in [0.5, 0.6) is 0 Å². The van der Waals surface area contributed by atoms with Crippen molar-refractivity contribution < 1.29 is 14.6 Å². The Morgan fingerprint density at radius 3 is 2.54 bits per heavy atom. The van der Waals surface area contributed by atoms with E-state index in [0.717, 1.165) is 19.3 Å². The summed E-state index contributed by atoms with van der Waals surface area (Å²) in [6.07, 6.45) is 3.91. The predicted molar refractivity (Wildman–Crippen MR) is 51.7 cm³/mol. The number of carboxylic acids is 1. The fourth-order valence-electron chi connectivity index (χ4n) is 1.26. The molecule has 0 heterocycles. The van der Waals surface area contributed by atoms with Crippen molar-refractivity contribution in [1.29, 1.82) is 0 Å². The molecule has 0 aromatic carbocycles. The van der Waals surface area contributed by atoms with Crippen molar-refractivity contribution in [1.82, 2.24) is 0 Å². The summed E-state index contributed by atoms with van der Waals surface area (Å²) in [6, 6.07) is 0. The van der Waals surface area contributed by atoms with Crippen molar-refractivity contribution in [3.05, 3.63) is 0 Å². The van der Waals surface area contributed by atoms with Gasteiger partial charge in [-0.1, -0.05) is 26.7 Å². The minimum absolute atomic E-state index is 0.103. The molecular formula is C10H20O3. The van der Waals surface area contributed by atoms with Gasteiger partial charge >= 0.3 is 5.97 Å². The van der Waals surface area contributed by atoms with Gasteiger partial charge in [-0.3, -0.25) is 4.79 Å². The molecule has 0 aromatic heterocycles. The van der Waals surface area contributed by atoms with Gasteiger partial charge in [0.05, 0.1) is 12.0 Å². The van der Waals surface area contributed by atoms with Gasteiger partial charge in [0.25, 0.3) is 0 Å². The maximum atomic E-state index is 10.6. The Labute approximate surface area is 80.1 Å². The van der Waals surface area contributed by atoms with Crippen molar-refractivity contribution in [2.45, 2.75) is 45.6 Å². The van der Waals surface area contributed by atoms with E-state index in [1.807, 2.05) is 0 Å². The molecule has 13 heavy (non-hydrogen) atoms. The molecule has 2 unspecified atom stereocenters. The van der Waals surface area contributed by atoms with Gasteiger partial charge in [0, 0.05) is 7.11 Å². The first-order valence-corrected chi connectivity index (χ1v) is 4.87. The molecule has 0 spiro atoms. The molecule has 0 radical (unpaired) electrons. The summed E-state index contributed by atoms with van der Waals surface area (Å²) in [5, 5.41) is 8.70. The number of methoxy groups -OCH3 is 1. The maximum absolute atomic E-state index is 10.6. The first kappa shape index (κ1) is 12.4. The van der Waals surface area contributed by atoms with E-state index in [4.69, 9.17) is 9.84 Å². The lowest BCUT2D eigenvalue weighted by Gasteiger charge is -2.16. The van der Waals surface area contributed by atoms with Crippen LogP contribution in [-0.4, -0.2) is 24.3 Å². The predicted octanol–water partition coefficient (Wildman–Crippen LogP) is 2.30. The highest BCUT2D eigenvalue weighted by molar-refractivity contribution is 5.69. The second-order valence-corrected chi connectivity index (χ2v) is 3.47.